The molecule has 0 aliphatic carbocycles. The number of nitrogens with zero attached hydrogens (tertiary/aromatic N) is 2. The first-order chi connectivity index (χ1) is 12.1. The van der Waals surface area contributed by atoms with Gasteiger partial charge in [-0.05, 0) is 38.5 Å². The average molecular weight is 345 g/mol. The fraction of sp³-hybridized carbons (Fsp3) is 0.444. The summed E-state index contributed by atoms with van der Waals surface area (Å²) in [5.74, 6) is 1.86. The summed E-state index contributed by atoms with van der Waals surface area (Å²) in [7, 11) is 0. The van der Waals surface area contributed by atoms with Gasteiger partial charge in [0.05, 0.1) is 6.54 Å². The minimum Gasteiger partial charge on any atom is -0.454 e. The van der Waals surface area contributed by atoms with Crippen LogP contribution in [0.25, 0.3) is 0 Å². The van der Waals surface area contributed by atoms with Gasteiger partial charge in [-0.2, -0.15) is 0 Å². The number of aromatic nitrogens is 1. The first kappa shape index (κ1) is 17.3. The van der Waals surface area contributed by atoms with Crippen molar-refractivity contribution in [1.82, 2.24) is 15.2 Å². The van der Waals surface area contributed by atoms with Crippen molar-refractivity contribution in [3.8, 4) is 11.5 Å². The summed E-state index contributed by atoms with van der Waals surface area (Å²) in [4.78, 5) is 18.3. The lowest BCUT2D eigenvalue weighted by molar-refractivity contribution is 0.0950. The number of rotatable bonds is 7. The molecule has 0 spiro atoms. The van der Waals surface area contributed by atoms with Crippen LogP contribution in [-0.4, -0.2) is 35.2 Å². The molecule has 0 fully saturated rings. The Labute approximate surface area is 146 Å². The highest BCUT2D eigenvalue weighted by molar-refractivity contribution is 5.91. The van der Waals surface area contributed by atoms with Gasteiger partial charge in [-0.1, -0.05) is 6.07 Å². The van der Waals surface area contributed by atoms with Crippen molar-refractivity contribution >= 4 is 5.91 Å². The van der Waals surface area contributed by atoms with E-state index in [1.807, 2.05) is 25.1 Å². The number of ether oxygens (including phenoxy) is 2. The van der Waals surface area contributed by atoms with Crippen LogP contribution in [0.2, 0.25) is 0 Å². The largest absolute Gasteiger partial charge is 0.454 e. The molecule has 25 heavy (non-hydrogen) atoms. The predicted molar refractivity (Wildman–Crippen MR) is 91.5 cm³/mol. The minimum atomic E-state index is -0.218. The maximum Gasteiger partial charge on any atom is 0.273 e. The third kappa shape index (κ3) is 4.11. The molecule has 134 valence electrons. The van der Waals surface area contributed by atoms with Gasteiger partial charge in [-0.25, -0.2) is 4.98 Å². The number of amides is 1. The van der Waals surface area contributed by atoms with Crippen molar-refractivity contribution in [2.75, 3.05) is 13.3 Å². The van der Waals surface area contributed by atoms with E-state index >= 15 is 0 Å². The van der Waals surface area contributed by atoms with Crippen molar-refractivity contribution in [3.63, 3.8) is 0 Å². The molecule has 7 nitrogen and oxygen atoms in total. The molecule has 0 unspecified atom stereocenters. The number of carbonyl (C=O) groups is 1. The maximum absolute atomic E-state index is 11.8. The first-order valence-corrected chi connectivity index (χ1v) is 8.42. The Bertz CT molecular complexity index is 742. The molecule has 1 aliphatic rings. The number of benzene rings is 1. The molecule has 0 radical (unpaired) electrons. The van der Waals surface area contributed by atoms with Gasteiger partial charge in [0, 0.05) is 19.1 Å². The third-order valence-corrected chi connectivity index (χ3v) is 4.01. The Morgan fingerprint density at radius 3 is 2.84 bits per heavy atom. The van der Waals surface area contributed by atoms with Crippen molar-refractivity contribution < 1.29 is 18.7 Å². The standard InChI is InChI=1S/C18H23N3O4/c1-4-19-18(22)14-10-23-17(20-14)9-21(12(2)3)8-13-5-6-15-16(7-13)25-11-24-15/h5-7,10,12H,4,8-9,11H2,1-3H3,(H,19,22). The smallest absolute Gasteiger partial charge is 0.273 e. The number of hydrogen-bond donors (Lipinski definition) is 1. The Balaban J connectivity index is 1.68. The average Bonchev–Trinajstić information content (AvgIpc) is 3.23. The summed E-state index contributed by atoms with van der Waals surface area (Å²) in [6.07, 6.45) is 1.40. The van der Waals surface area contributed by atoms with E-state index in [1.54, 1.807) is 0 Å². The molecule has 0 saturated heterocycles. The normalized spacial score (nSPS) is 12.8. The minimum absolute atomic E-state index is 0.218. The van der Waals surface area contributed by atoms with E-state index in [-0.39, 0.29) is 18.7 Å². The molecule has 2 heterocycles. The van der Waals surface area contributed by atoms with Gasteiger partial charge in [-0.15, -0.1) is 0 Å². The molecular weight excluding hydrogens is 322 g/mol. The van der Waals surface area contributed by atoms with Crippen LogP contribution in [0, 0.1) is 0 Å². The maximum atomic E-state index is 11.8. The van der Waals surface area contributed by atoms with Crippen molar-refractivity contribution in [3.05, 3.63) is 41.6 Å². The van der Waals surface area contributed by atoms with Crippen LogP contribution in [-0.2, 0) is 13.1 Å². The van der Waals surface area contributed by atoms with E-state index in [9.17, 15) is 4.79 Å². The van der Waals surface area contributed by atoms with E-state index in [0.29, 0.717) is 31.2 Å². The highest BCUT2D eigenvalue weighted by Gasteiger charge is 2.19. The summed E-state index contributed by atoms with van der Waals surface area (Å²) in [6.45, 7) is 8.15. The Kier molecular flexibility index (Phi) is 5.23. The Morgan fingerprint density at radius 2 is 2.08 bits per heavy atom. The van der Waals surface area contributed by atoms with Gasteiger partial charge in [0.2, 0.25) is 12.7 Å². The number of oxazole rings is 1. The predicted octanol–water partition coefficient (Wildman–Crippen LogP) is 2.56. The van der Waals surface area contributed by atoms with Gasteiger partial charge < -0.3 is 19.2 Å². The van der Waals surface area contributed by atoms with E-state index < -0.39 is 0 Å². The van der Waals surface area contributed by atoms with E-state index in [4.69, 9.17) is 13.9 Å². The van der Waals surface area contributed by atoms with Gasteiger partial charge >= 0.3 is 0 Å². The first-order valence-electron chi connectivity index (χ1n) is 8.42. The number of nitrogens with one attached hydrogen (secondary N) is 1. The van der Waals surface area contributed by atoms with Crippen LogP contribution in [0.15, 0.2) is 28.9 Å². The van der Waals surface area contributed by atoms with Crippen LogP contribution < -0.4 is 14.8 Å². The van der Waals surface area contributed by atoms with Gasteiger partial charge in [0.1, 0.15) is 6.26 Å². The van der Waals surface area contributed by atoms with Gasteiger partial charge in [-0.3, -0.25) is 9.69 Å². The summed E-state index contributed by atoms with van der Waals surface area (Å²) in [6, 6.07) is 6.23. The quantitative estimate of drug-likeness (QED) is 0.831. The highest BCUT2D eigenvalue weighted by atomic mass is 16.7. The lowest BCUT2D eigenvalue weighted by atomic mass is 10.1. The fourth-order valence-corrected chi connectivity index (χ4v) is 2.61. The molecular formula is C18H23N3O4. The zero-order valence-corrected chi connectivity index (χ0v) is 14.7. The fourth-order valence-electron chi connectivity index (χ4n) is 2.61. The molecule has 1 N–H and O–H groups in total. The van der Waals surface area contributed by atoms with Crippen LogP contribution in [0.4, 0.5) is 0 Å². The second-order valence-corrected chi connectivity index (χ2v) is 6.17. The monoisotopic (exact) mass is 345 g/mol. The highest BCUT2D eigenvalue weighted by Crippen LogP contribution is 2.33. The van der Waals surface area contributed by atoms with Crippen LogP contribution in [0.1, 0.15) is 42.7 Å². The Hall–Kier alpha value is -2.54. The van der Waals surface area contributed by atoms with Crippen molar-refractivity contribution in [2.24, 2.45) is 0 Å². The number of hydrogen-bond acceptors (Lipinski definition) is 6. The second-order valence-electron chi connectivity index (χ2n) is 6.17. The SMILES string of the molecule is CCNC(=O)c1coc(CN(Cc2ccc3c(c2)OCO3)C(C)C)n1. The number of carbonyl (C=O) groups excluding carboxylic acids is 1. The number of fused-ring (bicyclic) bond motifs is 1. The summed E-state index contributed by atoms with van der Waals surface area (Å²) < 4.78 is 16.3. The van der Waals surface area contributed by atoms with Crippen molar-refractivity contribution in [2.45, 2.75) is 39.9 Å². The molecule has 1 aromatic heterocycles. The van der Waals surface area contributed by atoms with E-state index in [1.165, 1.54) is 6.26 Å². The molecule has 7 heteroatoms. The molecule has 3 rings (SSSR count). The third-order valence-electron chi connectivity index (χ3n) is 4.01. The Morgan fingerprint density at radius 1 is 1.28 bits per heavy atom. The van der Waals surface area contributed by atoms with Crippen LogP contribution in [0.5, 0.6) is 11.5 Å². The molecule has 1 amide bonds. The molecule has 1 aliphatic heterocycles. The topological polar surface area (TPSA) is 76.8 Å². The van der Waals surface area contributed by atoms with E-state index in [2.05, 4.69) is 29.0 Å². The summed E-state index contributed by atoms with van der Waals surface area (Å²) in [5.41, 5.74) is 1.43. The summed E-state index contributed by atoms with van der Waals surface area (Å²) in [5, 5.41) is 2.71. The van der Waals surface area contributed by atoms with Crippen LogP contribution >= 0.6 is 0 Å². The van der Waals surface area contributed by atoms with E-state index in [0.717, 1.165) is 17.1 Å². The molecule has 1 aromatic carbocycles. The summed E-state index contributed by atoms with van der Waals surface area (Å²) >= 11 is 0. The molecule has 0 atom stereocenters. The molecule has 2 aromatic rings. The van der Waals surface area contributed by atoms with Gasteiger partial charge in [0.25, 0.3) is 5.91 Å². The lowest BCUT2D eigenvalue weighted by Gasteiger charge is -2.25. The van der Waals surface area contributed by atoms with Gasteiger partial charge in [0.15, 0.2) is 17.2 Å². The molecule has 0 bridgehead atoms. The van der Waals surface area contributed by atoms with Crippen molar-refractivity contribution in [1.29, 1.82) is 0 Å². The second kappa shape index (κ2) is 7.57. The zero-order valence-electron chi connectivity index (χ0n) is 14.7. The lowest BCUT2D eigenvalue weighted by Crippen LogP contribution is -2.30. The molecule has 0 saturated carbocycles. The van der Waals surface area contributed by atoms with Crippen LogP contribution in [0.3, 0.4) is 0 Å². The zero-order chi connectivity index (χ0) is 17.8.